The van der Waals surface area contributed by atoms with E-state index in [9.17, 15) is 13.2 Å². The number of anilines is 1. The van der Waals surface area contributed by atoms with Crippen LogP contribution in [0, 0.1) is 0 Å². The van der Waals surface area contributed by atoms with E-state index in [0.717, 1.165) is 12.0 Å². The van der Waals surface area contributed by atoms with E-state index in [2.05, 4.69) is 5.32 Å². The minimum absolute atomic E-state index is 0.0952. The van der Waals surface area contributed by atoms with Crippen molar-refractivity contribution in [3.8, 4) is 0 Å². The molecule has 2 aromatic rings. The molecule has 0 spiro atoms. The summed E-state index contributed by atoms with van der Waals surface area (Å²) in [5.74, 6) is -0.158. The van der Waals surface area contributed by atoms with Crippen molar-refractivity contribution >= 4 is 21.6 Å². The first-order valence-electron chi connectivity index (χ1n) is 8.24. The molecule has 0 aliphatic rings. The first-order chi connectivity index (χ1) is 11.8. The molecule has 134 valence electrons. The van der Waals surface area contributed by atoms with E-state index >= 15 is 0 Å². The highest BCUT2D eigenvalue weighted by atomic mass is 32.2. The average molecular weight is 360 g/mol. The lowest BCUT2D eigenvalue weighted by molar-refractivity contribution is 0.0939. The number of nitrogens with zero attached hydrogens (tertiary/aromatic N) is 1. The number of benzene rings is 2. The highest BCUT2D eigenvalue weighted by Gasteiger charge is 2.18. The summed E-state index contributed by atoms with van der Waals surface area (Å²) in [5, 5.41) is 2.89. The largest absolute Gasteiger partial charge is 0.350 e. The third-order valence-corrected chi connectivity index (χ3v) is 5.12. The highest BCUT2D eigenvalue weighted by molar-refractivity contribution is 7.92. The molecule has 0 heterocycles. The molecule has 0 fully saturated rings. The molecule has 0 aliphatic heterocycles. The van der Waals surface area contributed by atoms with E-state index in [0.29, 0.717) is 11.3 Å². The van der Waals surface area contributed by atoms with E-state index < -0.39 is 10.0 Å². The van der Waals surface area contributed by atoms with Gasteiger partial charge in [-0.3, -0.25) is 9.10 Å². The normalized spacial score (nSPS) is 12.4. The number of carbonyl (C=O) groups excluding carboxylic acids is 1. The Labute approximate surface area is 149 Å². The van der Waals surface area contributed by atoms with Gasteiger partial charge in [0.05, 0.1) is 18.5 Å². The molecule has 2 aromatic carbocycles. The predicted octanol–water partition coefficient (Wildman–Crippen LogP) is 3.18. The average Bonchev–Trinajstić information content (AvgIpc) is 2.59. The van der Waals surface area contributed by atoms with E-state index in [-0.39, 0.29) is 18.5 Å². The van der Waals surface area contributed by atoms with Gasteiger partial charge in [-0.05, 0) is 43.2 Å². The molecule has 25 heavy (non-hydrogen) atoms. The molecule has 0 saturated heterocycles. The Balaban J connectivity index is 2.23. The van der Waals surface area contributed by atoms with Crippen molar-refractivity contribution in [1.82, 2.24) is 5.32 Å². The maximum Gasteiger partial charge on any atom is 0.251 e. The van der Waals surface area contributed by atoms with Gasteiger partial charge in [0, 0.05) is 11.6 Å². The highest BCUT2D eigenvalue weighted by Crippen LogP contribution is 2.21. The van der Waals surface area contributed by atoms with E-state index in [1.54, 1.807) is 24.3 Å². The Bertz CT molecular complexity index is 802. The van der Waals surface area contributed by atoms with Gasteiger partial charge in [0.2, 0.25) is 10.0 Å². The molecule has 0 unspecified atom stereocenters. The smallest absolute Gasteiger partial charge is 0.251 e. The second-order valence-corrected chi connectivity index (χ2v) is 7.99. The van der Waals surface area contributed by atoms with Crippen LogP contribution in [0.15, 0.2) is 54.6 Å². The number of hydrogen-bond acceptors (Lipinski definition) is 3. The van der Waals surface area contributed by atoms with E-state index in [1.807, 2.05) is 44.2 Å². The van der Waals surface area contributed by atoms with Crippen LogP contribution in [0.1, 0.15) is 36.2 Å². The van der Waals surface area contributed by atoms with Gasteiger partial charge >= 0.3 is 0 Å². The van der Waals surface area contributed by atoms with Crippen molar-refractivity contribution in [3.63, 3.8) is 0 Å². The zero-order chi connectivity index (χ0) is 18.4. The van der Waals surface area contributed by atoms with Gasteiger partial charge in [-0.2, -0.15) is 0 Å². The van der Waals surface area contributed by atoms with Gasteiger partial charge in [0.25, 0.3) is 5.91 Å². The summed E-state index contributed by atoms with van der Waals surface area (Å²) in [6, 6.07) is 16.1. The molecule has 0 aromatic heterocycles. The molecular weight excluding hydrogens is 336 g/mol. The lowest BCUT2D eigenvalue weighted by atomic mass is 10.1. The summed E-state index contributed by atoms with van der Waals surface area (Å²) in [4.78, 5) is 12.1. The second kappa shape index (κ2) is 8.16. The van der Waals surface area contributed by atoms with Crippen molar-refractivity contribution in [1.29, 1.82) is 0 Å². The molecule has 6 heteroatoms. The minimum Gasteiger partial charge on any atom is -0.350 e. The fourth-order valence-corrected chi connectivity index (χ4v) is 3.23. The van der Waals surface area contributed by atoms with Gasteiger partial charge in [0.15, 0.2) is 0 Å². The van der Waals surface area contributed by atoms with Crippen molar-refractivity contribution in [2.45, 2.75) is 32.9 Å². The number of hydrogen-bond donors (Lipinski definition) is 1. The number of carbonyl (C=O) groups is 1. The molecule has 0 saturated carbocycles. The Hall–Kier alpha value is -2.34. The Morgan fingerprint density at radius 2 is 1.68 bits per heavy atom. The first-order valence-corrected chi connectivity index (χ1v) is 10.1. The maximum absolute atomic E-state index is 12.2. The van der Waals surface area contributed by atoms with Crippen LogP contribution in [0.4, 0.5) is 5.69 Å². The van der Waals surface area contributed by atoms with Crippen LogP contribution in [-0.2, 0) is 16.6 Å². The standard InChI is InChI=1S/C19H24N2O3S/c1-4-15(2)20-19(22)17-10-12-18(13-11-17)21(25(3,23)24)14-16-8-6-5-7-9-16/h5-13,15H,4,14H2,1-3H3,(H,20,22)/t15-/m1/s1. The summed E-state index contributed by atoms with van der Waals surface area (Å²) in [6.45, 7) is 4.19. The van der Waals surface area contributed by atoms with Crippen LogP contribution in [0.3, 0.4) is 0 Å². The molecule has 2 rings (SSSR count). The third-order valence-electron chi connectivity index (χ3n) is 3.98. The van der Waals surface area contributed by atoms with Crippen LogP contribution in [0.25, 0.3) is 0 Å². The summed E-state index contributed by atoms with van der Waals surface area (Å²) in [7, 11) is -3.44. The summed E-state index contributed by atoms with van der Waals surface area (Å²) in [5.41, 5.74) is 1.94. The lowest BCUT2D eigenvalue weighted by Gasteiger charge is -2.23. The predicted molar refractivity (Wildman–Crippen MR) is 101 cm³/mol. The van der Waals surface area contributed by atoms with E-state index in [4.69, 9.17) is 0 Å². The number of nitrogens with one attached hydrogen (secondary N) is 1. The van der Waals surface area contributed by atoms with Crippen molar-refractivity contribution in [2.24, 2.45) is 0 Å². The minimum atomic E-state index is -3.44. The summed E-state index contributed by atoms with van der Waals surface area (Å²) in [6.07, 6.45) is 2.03. The van der Waals surface area contributed by atoms with Gasteiger partial charge in [-0.1, -0.05) is 37.3 Å². The SMILES string of the molecule is CC[C@@H](C)NC(=O)c1ccc(N(Cc2ccccc2)S(C)(=O)=O)cc1. The summed E-state index contributed by atoms with van der Waals surface area (Å²) >= 11 is 0. The zero-order valence-corrected chi connectivity index (χ0v) is 15.6. The van der Waals surface area contributed by atoms with Crippen LogP contribution in [0.5, 0.6) is 0 Å². The fraction of sp³-hybridized carbons (Fsp3) is 0.316. The zero-order valence-electron chi connectivity index (χ0n) is 14.8. The number of amides is 1. The first kappa shape index (κ1) is 19.0. The van der Waals surface area contributed by atoms with Crippen LogP contribution in [0.2, 0.25) is 0 Å². The fourth-order valence-electron chi connectivity index (χ4n) is 2.34. The van der Waals surface area contributed by atoms with Crippen molar-refractivity contribution in [2.75, 3.05) is 10.6 Å². The van der Waals surface area contributed by atoms with Crippen molar-refractivity contribution < 1.29 is 13.2 Å². The topological polar surface area (TPSA) is 66.5 Å². The molecule has 0 radical (unpaired) electrons. The Morgan fingerprint density at radius 3 is 2.20 bits per heavy atom. The lowest BCUT2D eigenvalue weighted by Crippen LogP contribution is -2.32. The van der Waals surface area contributed by atoms with Crippen LogP contribution >= 0.6 is 0 Å². The van der Waals surface area contributed by atoms with Gasteiger partial charge in [-0.15, -0.1) is 0 Å². The summed E-state index contributed by atoms with van der Waals surface area (Å²) < 4.78 is 25.7. The monoisotopic (exact) mass is 360 g/mol. The second-order valence-electron chi connectivity index (χ2n) is 6.08. The van der Waals surface area contributed by atoms with E-state index in [1.165, 1.54) is 10.6 Å². The number of rotatable bonds is 7. The molecule has 5 nitrogen and oxygen atoms in total. The Morgan fingerprint density at radius 1 is 1.08 bits per heavy atom. The molecule has 1 amide bonds. The Kier molecular flexibility index (Phi) is 6.20. The van der Waals surface area contributed by atoms with Gasteiger partial charge in [-0.25, -0.2) is 8.42 Å². The molecular formula is C19H24N2O3S. The third kappa shape index (κ3) is 5.32. The molecule has 1 atom stereocenters. The molecule has 0 aliphatic carbocycles. The number of sulfonamides is 1. The maximum atomic E-state index is 12.2. The van der Waals surface area contributed by atoms with Crippen LogP contribution < -0.4 is 9.62 Å². The van der Waals surface area contributed by atoms with Crippen LogP contribution in [-0.4, -0.2) is 26.6 Å². The molecule has 1 N–H and O–H groups in total. The van der Waals surface area contributed by atoms with Crippen molar-refractivity contribution in [3.05, 3.63) is 65.7 Å². The van der Waals surface area contributed by atoms with Gasteiger partial charge < -0.3 is 5.32 Å². The van der Waals surface area contributed by atoms with Gasteiger partial charge in [0.1, 0.15) is 0 Å². The quantitative estimate of drug-likeness (QED) is 0.825. The molecule has 0 bridgehead atoms.